The third-order valence-electron chi connectivity index (χ3n) is 5.50. The van der Waals surface area contributed by atoms with Gasteiger partial charge in [-0.2, -0.15) is 0 Å². The normalized spacial score (nSPS) is 17.6. The third kappa shape index (κ3) is 3.66. The molecule has 1 aliphatic heterocycles. The summed E-state index contributed by atoms with van der Waals surface area (Å²) in [6.07, 6.45) is 1.97. The Morgan fingerprint density at radius 3 is 2.75 bits per heavy atom. The number of hydrogen-bond donors (Lipinski definition) is 1. The van der Waals surface area contributed by atoms with Crippen molar-refractivity contribution in [3.05, 3.63) is 66.1 Å². The predicted molar refractivity (Wildman–Crippen MR) is 117 cm³/mol. The number of carbonyl (C=O) groups is 1. The fourth-order valence-electron chi connectivity index (χ4n) is 4.11. The van der Waals surface area contributed by atoms with Crippen molar-refractivity contribution in [3.63, 3.8) is 0 Å². The van der Waals surface area contributed by atoms with Gasteiger partial charge in [0, 0.05) is 5.69 Å². The summed E-state index contributed by atoms with van der Waals surface area (Å²) in [4.78, 5) is 22.2. The molecule has 0 saturated carbocycles. The first-order valence-corrected chi connectivity index (χ1v) is 11.8. The SMILES string of the molecule is Cc1nc2c(C(=O)Nc3cccc(F)c3)nc(-c3ccco3)cc2n1C1CCS(=O)(=O)C1. The second kappa shape index (κ2) is 7.56. The van der Waals surface area contributed by atoms with Gasteiger partial charge in [-0.1, -0.05) is 6.07 Å². The average Bonchev–Trinajstić information content (AvgIpc) is 3.45. The minimum Gasteiger partial charge on any atom is -0.463 e. The summed E-state index contributed by atoms with van der Waals surface area (Å²) in [5.74, 6) is 0.129. The molecule has 1 fully saturated rings. The van der Waals surface area contributed by atoms with Crippen molar-refractivity contribution in [2.24, 2.45) is 0 Å². The number of furan rings is 1. The quantitative estimate of drug-likeness (QED) is 0.503. The molecule has 0 spiro atoms. The summed E-state index contributed by atoms with van der Waals surface area (Å²) in [6, 6.07) is 10.4. The highest BCUT2D eigenvalue weighted by molar-refractivity contribution is 7.91. The first kappa shape index (κ1) is 20.4. The minimum absolute atomic E-state index is 0.0164. The maximum Gasteiger partial charge on any atom is 0.276 e. The van der Waals surface area contributed by atoms with E-state index in [2.05, 4.69) is 15.3 Å². The Morgan fingerprint density at radius 1 is 1.22 bits per heavy atom. The number of imidazole rings is 1. The van der Waals surface area contributed by atoms with Gasteiger partial charge in [0.2, 0.25) is 0 Å². The number of amides is 1. The monoisotopic (exact) mass is 454 g/mol. The Hall–Kier alpha value is -3.53. The summed E-state index contributed by atoms with van der Waals surface area (Å²) in [5.41, 5.74) is 1.67. The minimum atomic E-state index is -3.13. The zero-order valence-electron chi connectivity index (χ0n) is 17.1. The molecular weight excluding hydrogens is 435 g/mol. The number of rotatable bonds is 4. The molecule has 1 aromatic carbocycles. The summed E-state index contributed by atoms with van der Waals surface area (Å²) in [7, 11) is -3.13. The zero-order valence-corrected chi connectivity index (χ0v) is 17.9. The van der Waals surface area contributed by atoms with E-state index in [1.54, 1.807) is 31.2 Å². The van der Waals surface area contributed by atoms with Crippen LogP contribution in [-0.4, -0.2) is 40.4 Å². The van der Waals surface area contributed by atoms with Gasteiger partial charge in [-0.3, -0.25) is 4.79 Å². The van der Waals surface area contributed by atoms with Crippen LogP contribution in [0.2, 0.25) is 0 Å². The Labute approximate surface area is 183 Å². The zero-order chi connectivity index (χ0) is 22.5. The fraction of sp³-hybridized carbons (Fsp3) is 0.227. The van der Waals surface area contributed by atoms with Gasteiger partial charge in [-0.15, -0.1) is 0 Å². The van der Waals surface area contributed by atoms with Crippen LogP contribution in [0.3, 0.4) is 0 Å². The van der Waals surface area contributed by atoms with Crippen molar-refractivity contribution in [1.29, 1.82) is 0 Å². The standard InChI is InChI=1S/C22H19FN4O4S/c1-13-24-20-18(27(13)16-7-9-32(29,30)12-16)11-17(19-6-3-8-31-19)26-21(20)22(28)25-15-5-2-4-14(23)10-15/h2-6,8,10-11,16H,7,9,12H2,1H3,(H,25,28). The molecule has 4 aromatic rings. The van der Waals surface area contributed by atoms with E-state index in [0.717, 1.165) is 0 Å². The van der Waals surface area contributed by atoms with E-state index in [1.165, 1.54) is 24.5 Å². The second-order valence-electron chi connectivity index (χ2n) is 7.75. The first-order chi connectivity index (χ1) is 15.3. The number of nitrogens with one attached hydrogen (secondary N) is 1. The highest BCUT2D eigenvalue weighted by Gasteiger charge is 2.32. The molecule has 1 amide bonds. The van der Waals surface area contributed by atoms with Gasteiger partial charge < -0.3 is 14.3 Å². The van der Waals surface area contributed by atoms with E-state index in [0.29, 0.717) is 34.7 Å². The van der Waals surface area contributed by atoms with Crippen molar-refractivity contribution in [2.75, 3.05) is 16.8 Å². The molecule has 10 heteroatoms. The number of sulfone groups is 1. The number of carbonyl (C=O) groups excluding carboxylic acids is 1. The summed E-state index contributed by atoms with van der Waals surface area (Å²) < 4.78 is 45.1. The van der Waals surface area contributed by atoms with Crippen molar-refractivity contribution in [2.45, 2.75) is 19.4 Å². The van der Waals surface area contributed by atoms with Crippen molar-refractivity contribution < 1.29 is 22.0 Å². The highest BCUT2D eigenvalue weighted by atomic mass is 32.2. The van der Waals surface area contributed by atoms with Crippen LogP contribution in [0.15, 0.2) is 53.1 Å². The van der Waals surface area contributed by atoms with Crippen molar-refractivity contribution in [1.82, 2.24) is 14.5 Å². The van der Waals surface area contributed by atoms with E-state index in [1.807, 2.05) is 4.57 Å². The number of halogens is 1. The molecule has 0 bridgehead atoms. The average molecular weight is 454 g/mol. The Morgan fingerprint density at radius 2 is 2.06 bits per heavy atom. The van der Waals surface area contributed by atoms with E-state index < -0.39 is 21.6 Å². The van der Waals surface area contributed by atoms with Crippen molar-refractivity contribution >= 4 is 32.5 Å². The number of aryl methyl sites for hydroxylation is 1. The predicted octanol–water partition coefficient (Wildman–Crippen LogP) is 3.75. The lowest BCUT2D eigenvalue weighted by Crippen LogP contribution is -2.15. The van der Waals surface area contributed by atoms with Crippen LogP contribution in [-0.2, 0) is 9.84 Å². The molecule has 0 aliphatic carbocycles. The lowest BCUT2D eigenvalue weighted by Gasteiger charge is -2.14. The summed E-state index contributed by atoms with van der Waals surface area (Å²) in [6.45, 7) is 1.77. The molecule has 1 N–H and O–H groups in total. The number of nitrogens with zero attached hydrogens (tertiary/aromatic N) is 3. The van der Waals surface area contributed by atoms with Gasteiger partial charge in [-0.25, -0.2) is 22.8 Å². The molecule has 8 nitrogen and oxygen atoms in total. The highest BCUT2D eigenvalue weighted by Crippen LogP contribution is 2.32. The number of pyridine rings is 1. The number of benzene rings is 1. The Kier molecular flexibility index (Phi) is 4.81. The van der Waals surface area contributed by atoms with Gasteiger partial charge in [0.1, 0.15) is 22.9 Å². The molecule has 0 radical (unpaired) electrons. The maximum atomic E-state index is 13.6. The summed E-state index contributed by atoms with van der Waals surface area (Å²) >= 11 is 0. The first-order valence-electron chi connectivity index (χ1n) is 10.0. The van der Waals surface area contributed by atoms with Gasteiger partial charge in [0.05, 0.1) is 29.3 Å². The smallest absolute Gasteiger partial charge is 0.276 e. The van der Waals surface area contributed by atoms with Gasteiger partial charge in [0.25, 0.3) is 5.91 Å². The Bertz CT molecular complexity index is 1440. The van der Waals surface area contributed by atoms with E-state index in [4.69, 9.17) is 4.42 Å². The van der Waals surface area contributed by atoms with Crippen LogP contribution < -0.4 is 5.32 Å². The molecule has 3 aromatic heterocycles. The lowest BCUT2D eigenvalue weighted by atomic mass is 10.2. The molecule has 1 unspecified atom stereocenters. The molecule has 32 heavy (non-hydrogen) atoms. The van der Waals surface area contributed by atoms with E-state index >= 15 is 0 Å². The van der Waals surface area contributed by atoms with Gasteiger partial charge in [-0.05, 0) is 49.7 Å². The number of hydrogen-bond acceptors (Lipinski definition) is 6. The van der Waals surface area contributed by atoms with Crippen LogP contribution in [0.25, 0.3) is 22.5 Å². The van der Waals surface area contributed by atoms with Crippen LogP contribution in [0, 0.1) is 12.7 Å². The Balaban J connectivity index is 1.66. The molecule has 5 rings (SSSR count). The van der Waals surface area contributed by atoms with Crippen molar-refractivity contribution in [3.8, 4) is 11.5 Å². The third-order valence-corrected chi connectivity index (χ3v) is 7.25. The topological polar surface area (TPSA) is 107 Å². The lowest BCUT2D eigenvalue weighted by molar-refractivity contribution is 0.102. The number of fused-ring (bicyclic) bond motifs is 1. The molecular formula is C22H19FN4O4S. The van der Waals surface area contributed by atoms with E-state index in [9.17, 15) is 17.6 Å². The molecule has 1 atom stereocenters. The van der Waals surface area contributed by atoms with Crippen LogP contribution in [0.4, 0.5) is 10.1 Å². The van der Waals surface area contributed by atoms with Crippen LogP contribution in [0.5, 0.6) is 0 Å². The maximum absolute atomic E-state index is 13.6. The molecule has 1 saturated heterocycles. The number of anilines is 1. The summed E-state index contributed by atoms with van der Waals surface area (Å²) in [5, 5.41) is 2.66. The number of aromatic nitrogens is 3. The molecule has 1 aliphatic rings. The van der Waals surface area contributed by atoms with Crippen LogP contribution >= 0.6 is 0 Å². The second-order valence-corrected chi connectivity index (χ2v) is 9.98. The molecule has 4 heterocycles. The van der Waals surface area contributed by atoms with Gasteiger partial charge >= 0.3 is 0 Å². The molecule has 164 valence electrons. The fourth-order valence-corrected chi connectivity index (χ4v) is 5.81. The largest absolute Gasteiger partial charge is 0.463 e. The van der Waals surface area contributed by atoms with Crippen LogP contribution in [0.1, 0.15) is 28.8 Å². The van der Waals surface area contributed by atoms with Gasteiger partial charge in [0.15, 0.2) is 21.3 Å². The van der Waals surface area contributed by atoms with E-state index in [-0.39, 0.29) is 28.9 Å².